The fraction of sp³-hybridized carbons (Fsp3) is 0.226. The van der Waals surface area contributed by atoms with E-state index in [0.29, 0.717) is 24.0 Å². The van der Waals surface area contributed by atoms with Crippen LogP contribution in [0.2, 0.25) is 0 Å². The molecular weight excluding hydrogens is 491 g/mol. The lowest BCUT2D eigenvalue weighted by molar-refractivity contribution is 0.102. The minimum atomic E-state index is -0.239. The second-order valence-corrected chi connectivity index (χ2v) is 10.3. The fourth-order valence-electron chi connectivity index (χ4n) is 5.15. The third-order valence-corrected chi connectivity index (χ3v) is 7.38. The lowest BCUT2D eigenvalue weighted by Crippen LogP contribution is -2.36. The van der Waals surface area contributed by atoms with E-state index in [2.05, 4.69) is 43.4 Å². The number of nitrogens with one attached hydrogen (secondary N) is 3. The number of likely N-dealkylation sites (tertiary alicyclic amines) is 1. The predicted molar refractivity (Wildman–Crippen MR) is 154 cm³/mol. The van der Waals surface area contributed by atoms with Crippen LogP contribution in [0.1, 0.15) is 28.8 Å². The first-order valence-electron chi connectivity index (χ1n) is 13.3. The molecule has 6 rings (SSSR count). The van der Waals surface area contributed by atoms with Crippen LogP contribution in [-0.4, -0.2) is 51.8 Å². The summed E-state index contributed by atoms with van der Waals surface area (Å²) >= 11 is 0. The molecule has 5 aromatic rings. The van der Waals surface area contributed by atoms with Crippen molar-refractivity contribution in [3.8, 4) is 11.3 Å². The third kappa shape index (κ3) is 5.71. The van der Waals surface area contributed by atoms with Crippen LogP contribution in [0.4, 0.5) is 15.9 Å². The highest BCUT2D eigenvalue weighted by molar-refractivity contribution is 6.04. The molecule has 0 saturated carbocycles. The van der Waals surface area contributed by atoms with Gasteiger partial charge >= 0.3 is 0 Å². The highest BCUT2D eigenvalue weighted by Gasteiger charge is 2.17. The van der Waals surface area contributed by atoms with E-state index in [1.807, 2.05) is 60.8 Å². The van der Waals surface area contributed by atoms with Crippen molar-refractivity contribution in [2.24, 2.45) is 0 Å². The van der Waals surface area contributed by atoms with Crippen molar-refractivity contribution >= 4 is 28.3 Å². The van der Waals surface area contributed by atoms with Gasteiger partial charge in [0.25, 0.3) is 5.91 Å². The van der Waals surface area contributed by atoms with E-state index in [-0.39, 0.29) is 11.7 Å². The summed E-state index contributed by atoms with van der Waals surface area (Å²) in [6.07, 6.45) is 4.24. The van der Waals surface area contributed by atoms with Crippen molar-refractivity contribution in [1.29, 1.82) is 0 Å². The highest BCUT2D eigenvalue weighted by Crippen LogP contribution is 2.26. The Morgan fingerprint density at radius 1 is 1.03 bits per heavy atom. The SMILES string of the molecule is CN1CCC(Nc2ccc(C(=O)Nc3cc(-c4ccc5ccn(Cc6cccc(F)c6)c5c4)[nH]n3)cc2)CC1. The number of anilines is 2. The number of H-pyrrole nitrogens is 1. The largest absolute Gasteiger partial charge is 0.382 e. The molecule has 1 aliphatic heterocycles. The quantitative estimate of drug-likeness (QED) is 0.246. The lowest BCUT2D eigenvalue weighted by atomic mass is 10.0. The summed E-state index contributed by atoms with van der Waals surface area (Å²) < 4.78 is 15.8. The van der Waals surface area contributed by atoms with Crippen LogP contribution in [0, 0.1) is 5.82 Å². The lowest BCUT2D eigenvalue weighted by Gasteiger charge is -2.30. The van der Waals surface area contributed by atoms with Crippen LogP contribution in [0.5, 0.6) is 0 Å². The molecule has 39 heavy (non-hydrogen) atoms. The molecule has 8 heteroatoms. The van der Waals surface area contributed by atoms with Crippen molar-refractivity contribution in [2.75, 3.05) is 30.8 Å². The average Bonchev–Trinajstić information content (AvgIpc) is 3.57. The van der Waals surface area contributed by atoms with Crippen LogP contribution in [0.3, 0.4) is 0 Å². The zero-order chi connectivity index (χ0) is 26.8. The first-order valence-corrected chi connectivity index (χ1v) is 13.3. The Labute approximate surface area is 226 Å². The van der Waals surface area contributed by atoms with Gasteiger partial charge in [-0.05, 0) is 92.5 Å². The number of benzene rings is 3. The van der Waals surface area contributed by atoms with E-state index in [9.17, 15) is 9.18 Å². The highest BCUT2D eigenvalue weighted by atomic mass is 19.1. The number of nitrogens with zero attached hydrogens (tertiary/aromatic N) is 3. The van der Waals surface area contributed by atoms with Gasteiger partial charge in [-0.1, -0.05) is 24.3 Å². The Balaban J connectivity index is 1.12. The molecule has 0 bridgehead atoms. The smallest absolute Gasteiger partial charge is 0.256 e. The van der Waals surface area contributed by atoms with Crippen molar-refractivity contribution in [2.45, 2.75) is 25.4 Å². The number of carbonyl (C=O) groups is 1. The van der Waals surface area contributed by atoms with E-state index in [1.165, 1.54) is 6.07 Å². The molecule has 1 fully saturated rings. The Kier molecular flexibility index (Phi) is 6.85. The normalized spacial score (nSPS) is 14.5. The Hall–Kier alpha value is -4.43. The van der Waals surface area contributed by atoms with Gasteiger partial charge in [-0.2, -0.15) is 5.10 Å². The number of fused-ring (bicyclic) bond motifs is 1. The molecule has 198 valence electrons. The standard InChI is InChI=1S/C31H31FN6O/c1-37-14-12-27(13-15-37)33-26-9-7-23(8-10-26)31(39)34-30-19-28(35-36-30)24-6-5-22-11-16-38(29(22)18-24)20-21-3-2-4-25(32)17-21/h2-11,16-19,27,33H,12-15,20H2,1H3,(H2,34,35,36,39). The second-order valence-electron chi connectivity index (χ2n) is 10.3. The summed E-state index contributed by atoms with van der Waals surface area (Å²) in [6, 6.07) is 24.7. The maximum absolute atomic E-state index is 13.7. The summed E-state index contributed by atoms with van der Waals surface area (Å²) in [7, 11) is 2.15. The van der Waals surface area contributed by atoms with E-state index < -0.39 is 0 Å². The van der Waals surface area contributed by atoms with E-state index in [1.54, 1.807) is 12.1 Å². The van der Waals surface area contributed by atoms with E-state index in [4.69, 9.17) is 0 Å². The molecule has 0 unspecified atom stereocenters. The molecule has 1 amide bonds. The summed E-state index contributed by atoms with van der Waals surface area (Å²) in [4.78, 5) is 15.2. The monoisotopic (exact) mass is 522 g/mol. The van der Waals surface area contributed by atoms with Gasteiger partial charge in [-0.3, -0.25) is 9.89 Å². The minimum Gasteiger partial charge on any atom is -0.382 e. The van der Waals surface area contributed by atoms with Crippen molar-refractivity contribution in [3.63, 3.8) is 0 Å². The third-order valence-electron chi connectivity index (χ3n) is 7.38. The van der Waals surface area contributed by atoms with E-state index >= 15 is 0 Å². The van der Waals surface area contributed by atoms with Crippen molar-refractivity contribution in [3.05, 3.63) is 102 Å². The van der Waals surface area contributed by atoms with Gasteiger partial charge in [-0.15, -0.1) is 0 Å². The molecule has 2 aromatic heterocycles. The van der Waals surface area contributed by atoms with Gasteiger partial charge in [-0.25, -0.2) is 4.39 Å². The molecule has 0 atom stereocenters. The summed E-state index contributed by atoms with van der Waals surface area (Å²) in [5.74, 6) is 0.00836. The number of amides is 1. The number of rotatable bonds is 7. The predicted octanol–water partition coefficient (Wildman–Crippen LogP) is 5.98. The summed E-state index contributed by atoms with van der Waals surface area (Å²) in [6.45, 7) is 2.76. The molecule has 0 spiro atoms. The van der Waals surface area contributed by atoms with Crippen molar-refractivity contribution < 1.29 is 9.18 Å². The van der Waals surface area contributed by atoms with E-state index in [0.717, 1.165) is 59.3 Å². The van der Waals surface area contributed by atoms with Crippen LogP contribution >= 0.6 is 0 Å². The zero-order valence-corrected chi connectivity index (χ0v) is 21.8. The Morgan fingerprint density at radius 2 is 1.85 bits per heavy atom. The zero-order valence-electron chi connectivity index (χ0n) is 21.8. The molecule has 3 heterocycles. The molecule has 0 radical (unpaired) electrons. The number of hydrogen-bond donors (Lipinski definition) is 3. The number of carbonyl (C=O) groups excluding carboxylic acids is 1. The van der Waals surface area contributed by atoms with Crippen molar-refractivity contribution in [1.82, 2.24) is 19.7 Å². The second kappa shape index (κ2) is 10.7. The first kappa shape index (κ1) is 24.9. The molecule has 1 aliphatic rings. The van der Waals surface area contributed by atoms with Crippen LogP contribution in [0.25, 0.3) is 22.2 Å². The van der Waals surface area contributed by atoms with Crippen LogP contribution < -0.4 is 10.6 Å². The Morgan fingerprint density at radius 3 is 2.64 bits per heavy atom. The number of halogens is 1. The number of hydrogen-bond acceptors (Lipinski definition) is 4. The molecular formula is C31H31FN6O. The molecule has 1 saturated heterocycles. The number of aromatic amines is 1. The molecule has 7 nitrogen and oxygen atoms in total. The number of piperidine rings is 1. The summed E-state index contributed by atoms with van der Waals surface area (Å²) in [5.41, 5.74) is 5.27. The van der Waals surface area contributed by atoms with Gasteiger partial charge in [0.2, 0.25) is 0 Å². The van der Waals surface area contributed by atoms with Gasteiger partial charge < -0.3 is 20.1 Å². The average molecular weight is 523 g/mol. The number of aromatic nitrogens is 3. The molecule has 0 aliphatic carbocycles. The van der Waals surface area contributed by atoms with Gasteiger partial charge in [0.05, 0.1) is 5.69 Å². The van der Waals surface area contributed by atoms with Crippen LogP contribution in [-0.2, 0) is 6.54 Å². The summed E-state index contributed by atoms with van der Waals surface area (Å²) in [5, 5.41) is 14.9. The minimum absolute atomic E-state index is 0.210. The maximum atomic E-state index is 13.7. The molecule has 3 aromatic carbocycles. The maximum Gasteiger partial charge on any atom is 0.256 e. The van der Waals surface area contributed by atoms with Gasteiger partial charge in [0, 0.05) is 47.2 Å². The van der Waals surface area contributed by atoms with Crippen LogP contribution in [0.15, 0.2) is 85.1 Å². The Bertz CT molecular complexity index is 1600. The topological polar surface area (TPSA) is 78.0 Å². The van der Waals surface area contributed by atoms with Gasteiger partial charge in [0.1, 0.15) is 5.82 Å². The fourth-order valence-corrected chi connectivity index (χ4v) is 5.15. The molecule has 3 N–H and O–H groups in total. The first-order chi connectivity index (χ1) is 19.0. The van der Waals surface area contributed by atoms with Gasteiger partial charge in [0.15, 0.2) is 5.82 Å².